The average molecular weight is 393 g/mol. The number of aryl methyl sites for hydroxylation is 1. The van der Waals surface area contributed by atoms with Crippen LogP contribution in [0.3, 0.4) is 0 Å². The second-order valence-electron chi connectivity index (χ2n) is 4.82. The molecule has 0 saturated carbocycles. The zero-order chi connectivity index (χ0) is 16.8. The summed E-state index contributed by atoms with van der Waals surface area (Å²) < 4.78 is 5.89. The molecular formula is C16H13BrN2O3S. The molecule has 0 spiro atoms. The van der Waals surface area contributed by atoms with Crippen LogP contribution in [0.1, 0.15) is 22.2 Å². The van der Waals surface area contributed by atoms with Gasteiger partial charge < -0.3 is 4.74 Å². The third-order valence-corrected chi connectivity index (χ3v) is 4.53. The predicted molar refractivity (Wildman–Crippen MR) is 89.0 cm³/mol. The van der Waals surface area contributed by atoms with Crippen LogP contribution in [0.5, 0.6) is 0 Å². The molecule has 0 saturated heterocycles. The van der Waals surface area contributed by atoms with Crippen molar-refractivity contribution in [3.05, 3.63) is 50.4 Å². The molecule has 7 heteroatoms. The van der Waals surface area contributed by atoms with Gasteiger partial charge in [0.05, 0.1) is 12.5 Å². The van der Waals surface area contributed by atoms with Crippen LogP contribution in [0.2, 0.25) is 0 Å². The van der Waals surface area contributed by atoms with Gasteiger partial charge in [0.15, 0.2) is 18.3 Å². The topological polar surface area (TPSA) is 80.0 Å². The first kappa shape index (κ1) is 17.3. The molecule has 1 heterocycles. The summed E-state index contributed by atoms with van der Waals surface area (Å²) in [5.74, 6) is -1.96. The van der Waals surface area contributed by atoms with E-state index < -0.39 is 24.3 Å². The summed E-state index contributed by atoms with van der Waals surface area (Å²) in [6.45, 7) is 1.36. The number of nitriles is 1. The standard InChI is InChI=1S/C16H13BrN2O3S/c1-10-9-23-16(19-10)13(7-18)14(20)8-22-15(21)6-11-2-4-12(17)5-3-11/h2-5,9,13H,6,8H2,1H3/t13-/m0/s1. The summed E-state index contributed by atoms with van der Waals surface area (Å²) in [6, 6.07) is 9.15. The number of carbonyl (C=O) groups is 2. The van der Waals surface area contributed by atoms with Crippen molar-refractivity contribution in [3.8, 4) is 6.07 Å². The van der Waals surface area contributed by atoms with Gasteiger partial charge >= 0.3 is 5.97 Å². The van der Waals surface area contributed by atoms with E-state index in [4.69, 9.17) is 10.00 Å². The van der Waals surface area contributed by atoms with E-state index in [2.05, 4.69) is 20.9 Å². The van der Waals surface area contributed by atoms with Crippen molar-refractivity contribution in [2.24, 2.45) is 0 Å². The van der Waals surface area contributed by atoms with Gasteiger partial charge in [-0.25, -0.2) is 4.98 Å². The summed E-state index contributed by atoms with van der Waals surface area (Å²) in [5.41, 5.74) is 1.54. The second kappa shape index (κ2) is 7.99. The van der Waals surface area contributed by atoms with Crippen LogP contribution in [0.15, 0.2) is 34.1 Å². The Morgan fingerprint density at radius 2 is 2.09 bits per heavy atom. The van der Waals surface area contributed by atoms with Gasteiger partial charge in [-0.05, 0) is 24.6 Å². The van der Waals surface area contributed by atoms with Gasteiger partial charge in [0, 0.05) is 15.5 Å². The smallest absolute Gasteiger partial charge is 0.310 e. The molecule has 0 bridgehead atoms. The fraction of sp³-hybridized carbons (Fsp3) is 0.250. The van der Waals surface area contributed by atoms with Crippen molar-refractivity contribution in [2.75, 3.05) is 6.61 Å². The number of aromatic nitrogens is 1. The maximum atomic E-state index is 12.0. The van der Waals surface area contributed by atoms with Crippen molar-refractivity contribution in [1.29, 1.82) is 5.26 Å². The molecule has 23 heavy (non-hydrogen) atoms. The minimum atomic E-state index is -0.991. The van der Waals surface area contributed by atoms with Gasteiger partial charge in [-0.2, -0.15) is 5.26 Å². The van der Waals surface area contributed by atoms with Gasteiger partial charge in [0.25, 0.3) is 0 Å². The zero-order valence-electron chi connectivity index (χ0n) is 12.3. The van der Waals surface area contributed by atoms with Gasteiger partial charge in [0.1, 0.15) is 5.01 Å². The van der Waals surface area contributed by atoms with Gasteiger partial charge in [0.2, 0.25) is 0 Å². The first-order valence-corrected chi connectivity index (χ1v) is 8.41. The number of hydrogen-bond donors (Lipinski definition) is 0. The molecule has 0 aliphatic rings. The number of ketones is 1. The molecule has 0 N–H and O–H groups in total. The molecule has 0 unspecified atom stereocenters. The molecule has 0 radical (unpaired) electrons. The Hall–Kier alpha value is -2.04. The third kappa shape index (κ3) is 4.98. The first-order valence-electron chi connectivity index (χ1n) is 6.74. The average Bonchev–Trinajstić information content (AvgIpc) is 2.94. The summed E-state index contributed by atoms with van der Waals surface area (Å²) in [4.78, 5) is 28.0. The Kier molecular flexibility index (Phi) is 6.02. The van der Waals surface area contributed by atoms with Crippen LogP contribution in [0, 0.1) is 18.3 Å². The number of rotatable bonds is 6. The lowest BCUT2D eigenvalue weighted by Crippen LogP contribution is -2.20. The van der Waals surface area contributed by atoms with E-state index in [1.165, 1.54) is 11.3 Å². The summed E-state index contributed by atoms with van der Waals surface area (Å²) in [7, 11) is 0. The predicted octanol–water partition coefficient (Wildman–Crippen LogP) is 3.18. The number of thiazole rings is 1. The van der Waals surface area contributed by atoms with Gasteiger partial charge in [-0.3, -0.25) is 9.59 Å². The maximum Gasteiger partial charge on any atom is 0.310 e. The Morgan fingerprint density at radius 3 is 2.65 bits per heavy atom. The lowest BCUT2D eigenvalue weighted by molar-refractivity contribution is -0.147. The van der Waals surface area contributed by atoms with Crippen LogP contribution >= 0.6 is 27.3 Å². The molecule has 5 nitrogen and oxygen atoms in total. The normalized spacial score (nSPS) is 11.5. The number of carbonyl (C=O) groups excluding carboxylic acids is 2. The molecular weight excluding hydrogens is 380 g/mol. The number of hydrogen-bond acceptors (Lipinski definition) is 6. The van der Waals surface area contributed by atoms with Crippen molar-refractivity contribution < 1.29 is 14.3 Å². The Bertz CT molecular complexity index is 749. The largest absolute Gasteiger partial charge is 0.457 e. The molecule has 0 fully saturated rings. The minimum absolute atomic E-state index is 0.0775. The number of benzene rings is 1. The third-order valence-electron chi connectivity index (χ3n) is 2.97. The van der Waals surface area contributed by atoms with E-state index in [9.17, 15) is 9.59 Å². The van der Waals surface area contributed by atoms with Crippen molar-refractivity contribution >= 4 is 39.0 Å². The Balaban J connectivity index is 1.89. The van der Waals surface area contributed by atoms with Crippen LogP contribution in [0.25, 0.3) is 0 Å². The van der Waals surface area contributed by atoms with E-state index in [0.717, 1.165) is 15.7 Å². The van der Waals surface area contributed by atoms with E-state index >= 15 is 0 Å². The molecule has 0 aliphatic carbocycles. The molecule has 1 atom stereocenters. The van der Waals surface area contributed by atoms with E-state index in [0.29, 0.717) is 5.01 Å². The molecule has 0 aliphatic heterocycles. The molecule has 0 amide bonds. The zero-order valence-corrected chi connectivity index (χ0v) is 14.7. The SMILES string of the molecule is Cc1csc([C@@H](C#N)C(=O)COC(=O)Cc2ccc(Br)cc2)n1. The van der Waals surface area contributed by atoms with E-state index in [1.54, 1.807) is 24.4 Å². The first-order chi connectivity index (χ1) is 11.0. The highest BCUT2D eigenvalue weighted by Gasteiger charge is 2.24. The summed E-state index contributed by atoms with van der Waals surface area (Å²) in [5, 5.41) is 11.3. The highest BCUT2D eigenvalue weighted by atomic mass is 79.9. The minimum Gasteiger partial charge on any atom is -0.457 e. The number of nitrogens with zero attached hydrogens (tertiary/aromatic N) is 2. The monoisotopic (exact) mass is 392 g/mol. The van der Waals surface area contributed by atoms with Crippen LogP contribution in [-0.2, 0) is 20.7 Å². The molecule has 2 rings (SSSR count). The van der Waals surface area contributed by atoms with Crippen molar-refractivity contribution in [1.82, 2.24) is 4.98 Å². The van der Waals surface area contributed by atoms with Crippen LogP contribution in [0.4, 0.5) is 0 Å². The second-order valence-corrected chi connectivity index (χ2v) is 6.62. The van der Waals surface area contributed by atoms with E-state index in [1.807, 2.05) is 18.2 Å². The maximum absolute atomic E-state index is 12.0. The Morgan fingerprint density at radius 1 is 1.39 bits per heavy atom. The fourth-order valence-corrected chi connectivity index (χ4v) is 2.95. The number of Topliss-reactive ketones (excluding diaryl/α,β-unsaturated/α-hetero) is 1. The fourth-order valence-electron chi connectivity index (χ4n) is 1.82. The molecule has 1 aromatic heterocycles. The lowest BCUT2D eigenvalue weighted by atomic mass is 10.1. The highest BCUT2D eigenvalue weighted by molar-refractivity contribution is 9.10. The number of ether oxygens (including phenoxy) is 1. The van der Waals surface area contributed by atoms with Crippen LogP contribution in [-0.4, -0.2) is 23.3 Å². The number of esters is 1. The highest BCUT2D eigenvalue weighted by Crippen LogP contribution is 2.20. The Labute approximate surface area is 146 Å². The summed E-state index contributed by atoms with van der Waals surface area (Å²) >= 11 is 4.56. The number of halogens is 1. The molecule has 118 valence electrons. The van der Waals surface area contributed by atoms with Crippen molar-refractivity contribution in [3.63, 3.8) is 0 Å². The van der Waals surface area contributed by atoms with Gasteiger partial charge in [-0.15, -0.1) is 11.3 Å². The van der Waals surface area contributed by atoms with Crippen molar-refractivity contribution in [2.45, 2.75) is 19.3 Å². The van der Waals surface area contributed by atoms with Crippen LogP contribution < -0.4 is 0 Å². The molecule has 2 aromatic rings. The quantitative estimate of drug-likeness (QED) is 0.705. The summed E-state index contributed by atoms with van der Waals surface area (Å²) in [6.07, 6.45) is 0.0775. The van der Waals surface area contributed by atoms with Gasteiger partial charge in [-0.1, -0.05) is 28.1 Å². The molecule has 1 aromatic carbocycles. The van der Waals surface area contributed by atoms with E-state index in [-0.39, 0.29) is 6.42 Å². The lowest BCUT2D eigenvalue weighted by Gasteiger charge is -2.07.